The molecule has 0 bridgehead atoms. The molecule has 0 amide bonds. The maximum absolute atomic E-state index is 12.5. The summed E-state index contributed by atoms with van der Waals surface area (Å²) in [4.78, 5) is 36.2. The van der Waals surface area contributed by atoms with Gasteiger partial charge in [0.2, 0.25) is 0 Å². The molecule has 0 fully saturated rings. The average molecular weight is 696 g/mol. The normalized spacial score (nSPS) is 14.7. The van der Waals surface area contributed by atoms with Crippen LogP contribution in [-0.4, -0.2) is 108 Å². The van der Waals surface area contributed by atoms with E-state index >= 15 is 0 Å². The molecular weight excluding hydrogens is 630 g/mol. The molecular formula is C34H65NO11S. The molecule has 0 saturated carbocycles. The van der Waals surface area contributed by atoms with E-state index in [4.69, 9.17) is 39.6 Å². The Balaban J connectivity index is 4.67. The lowest BCUT2D eigenvalue weighted by Gasteiger charge is -2.46. The van der Waals surface area contributed by atoms with E-state index in [1.54, 1.807) is 18.7 Å². The molecule has 0 aromatic carbocycles. The minimum Gasteiger partial charge on any atom is -0.465 e. The van der Waals surface area contributed by atoms with Crippen LogP contribution >= 0.6 is 11.8 Å². The monoisotopic (exact) mass is 695 g/mol. The Kier molecular flexibility index (Phi) is 20.9. The van der Waals surface area contributed by atoms with Crippen LogP contribution < -0.4 is 5.73 Å². The second kappa shape index (κ2) is 21.6. The lowest BCUT2D eigenvalue weighted by Crippen LogP contribution is -2.48. The van der Waals surface area contributed by atoms with Gasteiger partial charge in [0, 0.05) is 12.2 Å². The van der Waals surface area contributed by atoms with Gasteiger partial charge in [0.25, 0.3) is 0 Å². The Morgan fingerprint density at radius 2 is 1.26 bits per heavy atom. The molecule has 0 spiro atoms. The Morgan fingerprint density at radius 3 is 1.70 bits per heavy atom. The van der Waals surface area contributed by atoms with Crippen molar-refractivity contribution in [2.24, 2.45) is 22.5 Å². The summed E-state index contributed by atoms with van der Waals surface area (Å²) in [6.45, 7) is 18.0. The van der Waals surface area contributed by atoms with E-state index in [9.17, 15) is 19.5 Å². The summed E-state index contributed by atoms with van der Waals surface area (Å²) in [5.74, 6) is 0.0160. The van der Waals surface area contributed by atoms with Crippen molar-refractivity contribution in [2.75, 3.05) is 57.8 Å². The van der Waals surface area contributed by atoms with Gasteiger partial charge in [0.05, 0.1) is 62.3 Å². The lowest BCUT2D eigenvalue weighted by molar-refractivity contribution is -0.162. The first-order valence-corrected chi connectivity index (χ1v) is 17.9. The number of thioether (sulfide) groups is 1. The van der Waals surface area contributed by atoms with E-state index in [-0.39, 0.29) is 69.2 Å². The van der Waals surface area contributed by atoms with E-state index in [1.807, 2.05) is 6.92 Å². The Morgan fingerprint density at radius 1 is 0.766 bits per heavy atom. The van der Waals surface area contributed by atoms with E-state index in [0.717, 1.165) is 18.6 Å². The van der Waals surface area contributed by atoms with E-state index in [2.05, 4.69) is 48.5 Å². The zero-order valence-corrected chi connectivity index (χ0v) is 31.3. The highest BCUT2D eigenvalue weighted by molar-refractivity contribution is 7.99. The van der Waals surface area contributed by atoms with Crippen LogP contribution in [0.25, 0.3) is 0 Å². The van der Waals surface area contributed by atoms with Crippen LogP contribution in [-0.2, 0) is 38.1 Å². The summed E-state index contributed by atoms with van der Waals surface area (Å²) in [5, 5.41) is 27.7. The molecule has 12 nitrogen and oxygen atoms in total. The second-order valence-electron chi connectivity index (χ2n) is 14.4. The number of nitrogens with two attached hydrogens (primary N) is 1. The highest BCUT2D eigenvalue weighted by Crippen LogP contribution is 2.41. The van der Waals surface area contributed by atoms with E-state index in [1.165, 1.54) is 0 Å². The van der Waals surface area contributed by atoms with E-state index in [0.29, 0.717) is 31.8 Å². The van der Waals surface area contributed by atoms with Gasteiger partial charge >= 0.3 is 17.9 Å². The molecule has 2 unspecified atom stereocenters. The lowest BCUT2D eigenvalue weighted by atomic mass is 9.68. The minimum absolute atomic E-state index is 0.105. The van der Waals surface area contributed by atoms with Gasteiger partial charge in [-0.25, -0.2) is 0 Å². The fraction of sp³-hybridized carbons (Fsp3) is 0.912. The van der Waals surface area contributed by atoms with Gasteiger partial charge in [-0.2, -0.15) is 11.8 Å². The highest BCUT2D eigenvalue weighted by Gasteiger charge is 2.43. The molecule has 0 heterocycles. The van der Waals surface area contributed by atoms with Crippen molar-refractivity contribution in [3.05, 3.63) is 0 Å². The van der Waals surface area contributed by atoms with E-state index < -0.39 is 34.6 Å². The van der Waals surface area contributed by atoms with Gasteiger partial charge in [-0.15, -0.1) is 0 Å². The van der Waals surface area contributed by atoms with Gasteiger partial charge in [-0.1, -0.05) is 27.7 Å². The van der Waals surface area contributed by atoms with Crippen molar-refractivity contribution < 1.29 is 53.4 Å². The highest BCUT2D eigenvalue weighted by atomic mass is 32.2. The van der Waals surface area contributed by atoms with Crippen molar-refractivity contribution in [3.63, 3.8) is 0 Å². The van der Waals surface area contributed by atoms with Gasteiger partial charge in [0.15, 0.2) is 0 Å². The summed E-state index contributed by atoms with van der Waals surface area (Å²) < 4.78 is 28.5. The minimum atomic E-state index is -1.26. The molecule has 0 aromatic heterocycles. The van der Waals surface area contributed by atoms with Crippen LogP contribution in [0.4, 0.5) is 0 Å². The zero-order chi connectivity index (χ0) is 36.4. The predicted octanol–water partition coefficient (Wildman–Crippen LogP) is 3.99. The van der Waals surface area contributed by atoms with Gasteiger partial charge in [0.1, 0.15) is 25.5 Å². The quantitative estimate of drug-likeness (QED) is 0.0419. The molecule has 0 saturated heterocycles. The topological polar surface area (TPSA) is 184 Å². The van der Waals surface area contributed by atoms with Crippen LogP contribution in [0.15, 0.2) is 0 Å². The third kappa shape index (κ3) is 19.3. The van der Waals surface area contributed by atoms with Crippen LogP contribution in [0.2, 0.25) is 0 Å². The standard InChI is InChI=1S/C34H65NO11S/c1-10-34(23-42-27(38)12-17-36,24-43-28(39)13-18-37)25-44-29(40)14-21-47-20-11-15-30(3,4)46-22-26(2)31(5,6)32(7,8)45-19-16-33(9,35)41/h26,36-37,41H,10-25,35H2,1-9H3. The first kappa shape index (κ1) is 45.5. The van der Waals surface area contributed by atoms with Crippen molar-refractivity contribution in [3.8, 4) is 0 Å². The fourth-order valence-electron chi connectivity index (χ4n) is 4.31. The molecule has 0 aliphatic carbocycles. The summed E-state index contributed by atoms with van der Waals surface area (Å²) in [6, 6.07) is 0. The third-order valence-corrected chi connectivity index (χ3v) is 10.2. The number of rotatable bonds is 27. The predicted molar refractivity (Wildman–Crippen MR) is 183 cm³/mol. The number of esters is 3. The van der Waals surface area contributed by atoms with Crippen LogP contribution in [0.5, 0.6) is 0 Å². The van der Waals surface area contributed by atoms with Crippen molar-refractivity contribution in [1.29, 1.82) is 0 Å². The molecule has 0 aliphatic rings. The first-order valence-electron chi connectivity index (χ1n) is 16.7. The average Bonchev–Trinajstić information content (AvgIpc) is 2.97. The van der Waals surface area contributed by atoms with Crippen LogP contribution in [0, 0.1) is 16.7 Å². The molecule has 0 aromatic rings. The maximum atomic E-state index is 12.5. The number of hydrogen-bond acceptors (Lipinski definition) is 13. The van der Waals surface area contributed by atoms with Gasteiger partial charge < -0.3 is 44.7 Å². The number of aliphatic hydroxyl groups excluding tert-OH is 2. The maximum Gasteiger partial charge on any atom is 0.308 e. The smallest absolute Gasteiger partial charge is 0.308 e. The summed E-state index contributed by atoms with van der Waals surface area (Å²) in [5.41, 5.74) is 2.50. The summed E-state index contributed by atoms with van der Waals surface area (Å²) >= 11 is 1.66. The molecule has 0 rings (SSSR count). The molecule has 278 valence electrons. The molecule has 13 heteroatoms. The summed E-state index contributed by atoms with van der Waals surface area (Å²) in [7, 11) is 0. The first-order chi connectivity index (χ1) is 21.7. The van der Waals surface area contributed by atoms with Crippen LogP contribution in [0.1, 0.15) is 107 Å². The largest absolute Gasteiger partial charge is 0.465 e. The molecule has 2 atom stereocenters. The SMILES string of the molecule is CCC(COC(=O)CCO)(COC(=O)CCO)COC(=O)CCSCCCC(C)(C)OCC(C)C(C)(C)C(C)(C)OCCC(C)(N)O. The summed E-state index contributed by atoms with van der Waals surface area (Å²) in [6.07, 6.45) is 2.37. The molecule has 47 heavy (non-hydrogen) atoms. The molecule has 5 N–H and O–H groups in total. The molecule has 0 aliphatic heterocycles. The van der Waals surface area contributed by atoms with Crippen LogP contribution in [0.3, 0.4) is 0 Å². The van der Waals surface area contributed by atoms with Gasteiger partial charge in [-0.3, -0.25) is 14.4 Å². The van der Waals surface area contributed by atoms with Crippen molar-refractivity contribution in [1.82, 2.24) is 0 Å². The van der Waals surface area contributed by atoms with Gasteiger partial charge in [-0.05, 0) is 71.0 Å². The number of hydrogen-bond donors (Lipinski definition) is 4. The number of aliphatic hydroxyl groups is 3. The number of carbonyl (C=O) groups is 3. The van der Waals surface area contributed by atoms with Crippen molar-refractivity contribution >= 4 is 29.7 Å². The fourth-order valence-corrected chi connectivity index (χ4v) is 5.18. The zero-order valence-electron chi connectivity index (χ0n) is 30.5. The Hall–Kier alpha value is -1.48. The second-order valence-corrected chi connectivity index (χ2v) is 15.6. The molecule has 0 radical (unpaired) electrons. The number of carbonyl (C=O) groups excluding carboxylic acids is 3. The number of ether oxygens (including phenoxy) is 5. The Labute approximate surface area is 287 Å². The third-order valence-electron chi connectivity index (χ3n) is 9.10. The van der Waals surface area contributed by atoms with Crippen molar-refractivity contribution in [2.45, 2.75) is 124 Å². The Bertz CT molecular complexity index is 896.